The predicted octanol–water partition coefficient (Wildman–Crippen LogP) is 3.34. The molecule has 1 saturated heterocycles. The van der Waals surface area contributed by atoms with Crippen molar-refractivity contribution in [1.29, 1.82) is 0 Å². The van der Waals surface area contributed by atoms with E-state index < -0.39 is 11.4 Å². The molecule has 0 bridgehead atoms. The fourth-order valence-electron chi connectivity index (χ4n) is 5.79. The molecule has 0 atom stereocenters. The molecule has 6 rings (SSSR count). The second kappa shape index (κ2) is 10.4. The quantitative estimate of drug-likeness (QED) is 0.529. The number of fused-ring (bicyclic) bond motifs is 2. The molecule has 2 aliphatic heterocycles. The minimum absolute atomic E-state index is 0.0411. The molecule has 11 heteroatoms. The van der Waals surface area contributed by atoms with Gasteiger partial charge in [-0.05, 0) is 73.8 Å². The molecule has 1 saturated carbocycles. The third kappa shape index (κ3) is 4.79. The number of rotatable bonds is 5. The first-order chi connectivity index (χ1) is 18.5. The first-order valence-electron chi connectivity index (χ1n) is 13.1. The summed E-state index contributed by atoms with van der Waals surface area (Å²) in [6, 6.07) is 6.24. The molecule has 2 fully saturated rings. The predicted molar refractivity (Wildman–Crippen MR) is 142 cm³/mol. The average molecular weight is 541 g/mol. The summed E-state index contributed by atoms with van der Waals surface area (Å²) in [5, 5.41) is 3.23. The van der Waals surface area contributed by atoms with Gasteiger partial charge >= 0.3 is 5.69 Å². The number of carbonyl (C=O) groups excluding carboxylic acids is 1. The highest BCUT2D eigenvalue weighted by Crippen LogP contribution is 2.33. The molecule has 3 aliphatic rings. The minimum atomic E-state index is -0.598. The van der Waals surface area contributed by atoms with E-state index >= 15 is 0 Å². The standard InChI is InChI=1S/C27H29FN4O5S/c28-17-13-21-25(29-14-17)31(20-7-9-38-10-8-20)27(35)32(26(21)34)19-4-2-18(3-5-19)30-24(33)12-16-1-6-22-23(11-16)37-15-36-22/h1,6,11,13-14,18-20H,2-5,7-10,12,15H2,(H,30,33)/t18-,19+. The van der Waals surface area contributed by atoms with E-state index in [0.717, 1.165) is 36.1 Å². The van der Waals surface area contributed by atoms with Gasteiger partial charge < -0.3 is 14.8 Å². The lowest BCUT2D eigenvalue weighted by Gasteiger charge is -2.31. The van der Waals surface area contributed by atoms with Crippen LogP contribution in [0, 0.1) is 5.82 Å². The van der Waals surface area contributed by atoms with Gasteiger partial charge in [-0.25, -0.2) is 14.2 Å². The van der Waals surface area contributed by atoms with Crippen molar-refractivity contribution in [2.75, 3.05) is 18.3 Å². The summed E-state index contributed by atoms with van der Waals surface area (Å²) in [4.78, 5) is 44.0. The molecule has 3 aromatic rings. The summed E-state index contributed by atoms with van der Waals surface area (Å²) >= 11 is 1.84. The van der Waals surface area contributed by atoms with E-state index in [1.165, 1.54) is 10.6 Å². The highest BCUT2D eigenvalue weighted by atomic mass is 32.2. The molecule has 0 unspecified atom stereocenters. The largest absolute Gasteiger partial charge is 0.454 e. The molecule has 0 spiro atoms. The number of halogens is 1. The highest BCUT2D eigenvalue weighted by molar-refractivity contribution is 7.99. The number of hydrogen-bond acceptors (Lipinski definition) is 7. The molecule has 1 N–H and O–H groups in total. The maximum Gasteiger partial charge on any atom is 0.333 e. The summed E-state index contributed by atoms with van der Waals surface area (Å²) in [6.45, 7) is 0.185. The summed E-state index contributed by atoms with van der Waals surface area (Å²) in [7, 11) is 0. The smallest absolute Gasteiger partial charge is 0.333 e. The number of pyridine rings is 1. The van der Waals surface area contributed by atoms with Crippen molar-refractivity contribution in [2.45, 2.75) is 63.1 Å². The Morgan fingerprint density at radius 3 is 2.53 bits per heavy atom. The Labute approximate surface area is 222 Å². The molecule has 4 heterocycles. The minimum Gasteiger partial charge on any atom is -0.454 e. The monoisotopic (exact) mass is 540 g/mol. The maximum atomic E-state index is 14.1. The molecule has 2 aromatic heterocycles. The molecule has 1 aliphatic carbocycles. The van der Waals surface area contributed by atoms with Gasteiger partial charge in [-0.15, -0.1) is 0 Å². The lowest BCUT2D eigenvalue weighted by atomic mass is 9.90. The SMILES string of the molecule is O=C(Cc1ccc2c(c1)OCO2)N[C@H]1CC[C@@H](n2c(=O)c3cc(F)cnc3n(C3CCSCC3)c2=O)CC1. The van der Waals surface area contributed by atoms with Crippen molar-refractivity contribution in [2.24, 2.45) is 0 Å². The zero-order valence-electron chi connectivity index (χ0n) is 20.9. The first kappa shape index (κ1) is 25.0. The fraction of sp³-hybridized carbons (Fsp3) is 0.481. The maximum absolute atomic E-state index is 14.1. The normalized spacial score (nSPS) is 21.5. The second-order valence-electron chi connectivity index (χ2n) is 10.1. The number of nitrogens with one attached hydrogen (secondary N) is 1. The Morgan fingerprint density at radius 1 is 1.00 bits per heavy atom. The van der Waals surface area contributed by atoms with Crippen LogP contribution in [-0.4, -0.2) is 44.4 Å². The van der Waals surface area contributed by atoms with Crippen LogP contribution < -0.4 is 26.0 Å². The zero-order valence-corrected chi connectivity index (χ0v) is 21.7. The van der Waals surface area contributed by atoms with Crippen LogP contribution in [0.15, 0.2) is 40.1 Å². The first-order valence-corrected chi connectivity index (χ1v) is 14.2. The Bertz CT molecular complexity index is 1490. The van der Waals surface area contributed by atoms with Gasteiger partial charge in [0, 0.05) is 18.1 Å². The number of nitrogens with zero attached hydrogens (tertiary/aromatic N) is 3. The lowest BCUT2D eigenvalue weighted by molar-refractivity contribution is -0.121. The van der Waals surface area contributed by atoms with Crippen LogP contribution in [0.1, 0.15) is 56.2 Å². The van der Waals surface area contributed by atoms with Gasteiger partial charge in [0.1, 0.15) is 11.5 Å². The summed E-state index contributed by atoms with van der Waals surface area (Å²) < 4.78 is 27.7. The van der Waals surface area contributed by atoms with E-state index in [1.807, 2.05) is 23.9 Å². The summed E-state index contributed by atoms with van der Waals surface area (Å²) in [6.07, 6.45) is 5.32. The van der Waals surface area contributed by atoms with Crippen LogP contribution >= 0.6 is 11.8 Å². The number of amides is 1. The van der Waals surface area contributed by atoms with E-state index in [0.29, 0.717) is 37.2 Å². The highest BCUT2D eigenvalue weighted by Gasteiger charge is 2.29. The van der Waals surface area contributed by atoms with Gasteiger partial charge in [0.15, 0.2) is 11.5 Å². The Hall–Kier alpha value is -3.34. The number of aromatic nitrogens is 3. The molecule has 1 aromatic carbocycles. The van der Waals surface area contributed by atoms with Crippen LogP contribution in [0.5, 0.6) is 11.5 Å². The fourth-order valence-corrected chi connectivity index (χ4v) is 6.87. The van der Waals surface area contributed by atoms with Crippen molar-refractivity contribution in [3.8, 4) is 11.5 Å². The molecule has 1 amide bonds. The second-order valence-corrected chi connectivity index (χ2v) is 11.4. The average Bonchev–Trinajstić information content (AvgIpc) is 3.39. The third-order valence-electron chi connectivity index (χ3n) is 7.71. The Kier molecular flexibility index (Phi) is 6.86. The van der Waals surface area contributed by atoms with Gasteiger partial charge in [0.25, 0.3) is 5.56 Å². The van der Waals surface area contributed by atoms with Gasteiger partial charge in [0.2, 0.25) is 12.7 Å². The van der Waals surface area contributed by atoms with Crippen LogP contribution in [0.3, 0.4) is 0 Å². The van der Waals surface area contributed by atoms with Crippen molar-refractivity contribution < 1.29 is 18.7 Å². The molecule has 38 heavy (non-hydrogen) atoms. The van der Waals surface area contributed by atoms with Crippen molar-refractivity contribution in [3.63, 3.8) is 0 Å². The van der Waals surface area contributed by atoms with E-state index in [4.69, 9.17) is 9.47 Å². The zero-order chi connectivity index (χ0) is 26.2. The van der Waals surface area contributed by atoms with E-state index in [-0.39, 0.29) is 54.0 Å². The molecule has 200 valence electrons. The summed E-state index contributed by atoms with van der Waals surface area (Å²) in [5.74, 6) is 2.49. The van der Waals surface area contributed by atoms with Crippen LogP contribution in [-0.2, 0) is 11.2 Å². The molecular formula is C27H29FN4O5S. The van der Waals surface area contributed by atoms with Crippen molar-refractivity contribution >= 4 is 28.7 Å². The van der Waals surface area contributed by atoms with Gasteiger partial charge in [0.05, 0.1) is 18.0 Å². The van der Waals surface area contributed by atoms with Crippen molar-refractivity contribution in [1.82, 2.24) is 19.4 Å². The topological polar surface area (TPSA) is 104 Å². The number of benzene rings is 1. The lowest BCUT2D eigenvalue weighted by Crippen LogP contribution is -2.46. The summed E-state index contributed by atoms with van der Waals surface area (Å²) in [5.41, 5.74) is 0.243. The Morgan fingerprint density at radius 2 is 1.74 bits per heavy atom. The molecule has 0 radical (unpaired) electrons. The van der Waals surface area contributed by atoms with Gasteiger partial charge in [-0.1, -0.05) is 6.07 Å². The number of ether oxygens (including phenoxy) is 2. The van der Waals surface area contributed by atoms with Gasteiger partial charge in [-0.3, -0.25) is 18.7 Å². The van der Waals surface area contributed by atoms with Crippen LogP contribution in [0.25, 0.3) is 11.0 Å². The van der Waals surface area contributed by atoms with E-state index in [1.54, 1.807) is 10.6 Å². The number of hydrogen-bond donors (Lipinski definition) is 1. The van der Waals surface area contributed by atoms with Crippen LogP contribution in [0.2, 0.25) is 0 Å². The van der Waals surface area contributed by atoms with Crippen molar-refractivity contribution in [3.05, 3.63) is 62.7 Å². The molecular weight excluding hydrogens is 511 g/mol. The molecule has 9 nitrogen and oxygen atoms in total. The Balaban J connectivity index is 1.19. The van der Waals surface area contributed by atoms with E-state index in [9.17, 15) is 18.8 Å². The third-order valence-corrected chi connectivity index (χ3v) is 8.76. The van der Waals surface area contributed by atoms with Crippen LogP contribution in [0.4, 0.5) is 4.39 Å². The van der Waals surface area contributed by atoms with E-state index in [2.05, 4.69) is 10.3 Å². The number of carbonyl (C=O) groups is 1. The van der Waals surface area contributed by atoms with Gasteiger partial charge in [-0.2, -0.15) is 11.8 Å². The number of thioether (sulfide) groups is 1.